The standard InChI is InChI=1S/C22H20/c1-4-11-19(12-5-1)13-10-18-22(20-14-6-2-7-15-20)21-16-8-3-9-17-21/h1-12,14-18,22H,13H2. The van der Waals surface area contributed by atoms with Gasteiger partial charge >= 0.3 is 0 Å². The van der Waals surface area contributed by atoms with Gasteiger partial charge in [0.25, 0.3) is 0 Å². The van der Waals surface area contributed by atoms with E-state index in [1.165, 1.54) is 16.7 Å². The van der Waals surface area contributed by atoms with Gasteiger partial charge in [-0.2, -0.15) is 0 Å². The van der Waals surface area contributed by atoms with Crippen LogP contribution in [0.4, 0.5) is 0 Å². The molecule has 0 fully saturated rings. The van der Waals surface area contributed by atoms with Crippen LogP contribution in [0.2, 0.25) is 0 Å². The van der Waals surface area contributed by atoms with E-state index in [2.05, 4.69) is 103 Å². The Labute approximate surface area is 132 Å². The van der Waals surface area contributed by atoms with Crippen molar-refractivity contribution in [2.24, 2.45) is 0 Å². The number of allylic oxidation sites excluding steroid dienone is 2. The molecule has 0 bridgehead atoms. The molecule has 3 aromatic rings. The Kier molecular flexibility index (Phi) is 4.84. The van der Waals surface area contributed by atoms with Crippen LogP contribution in [0, 0.1) is 0 Å². The summed E-state index contributed by atoms with van der Waals surface area (Å²) in [4.78, 5) is 0. The van der Waals surface area contributed by atoms with Crippen molar-refractivity contribution >= 4 is 0 Å². The molecular weight excluding hydrogens is 264 g/mol. The molecule has 0 aliphatic rings. The second-order valence-electron chi connectivity index (χ2n) is 5.42. The van der Waals surface area contributed by atoms with E-state index in [1.54, 1.807) is 0 Å². The van der Waals surface area contributed by atoms with Gasteiger partial charge < -0.3 is 0 Å². The molecule has 0 amide bonds. The maximum atomic E-state index is 2.32. The summed E-state index contributed by atoms with van der Waals surface area (Å²) in [5.74, 6) is 0.311. The highest BCUT2D eigenvalue weighted by atomic mass is 14.1. The molecule has 22 heavy (non-hydrogen) atoms. The summed E-state index contributed by atoms with van der Waals surface area (Å²) in [6.45, 7) is 0. The fraction of sp³-hybridized carbons (Fsp3) is 0.0909. The van der Waals surface area contributed by atoms with Crippen LogP contribution in [-0.2, 0) is 6.42 Å². The molecule has 3 aromatic carbocycles. The fourth-order valence-corrected chi connectivity index (χ4v) is 2.69. The van der Waals surface area contributed by atoms with E-state index in [0.29, 0.717) is 5.92 Å². The van der Waals surface area contributed by atoms with E-state index in [1.807, 2.05) is 0 Å². The topological polar surface area (TPSA) is 0 Å². The third kappa shape index (κ3) is 3.73. The molecule has 0 atom stereocenters. The van der Waals surface area contributed by atoms with E-state index >= 15 is 0 Å². The van der Waals surface area contributed by atoms with Gasteiger partial charge in [-0.05, 0) is 23.1 Å². The van der Waals surface area contributed by atoms with E-state index in [0.717, 1.165) is 6.42 Å². The Morgan fingerprint density at radius 2 is 1.05 bits per heavy atom. The molecule has 108 valence electrons. The second kappa shape index (κ2) is 7.42. The molecule has 0 saturated carbocycles. The van der Waals surface area contributed by atoms with Crippen LogP contribution in [0.3, 0.4) is 0 Å². The maximum absolute atomic E-state index is 2.32. The molecule has 0 heterocycles. The Bertz CT molecular complexity index is 657. The van der Waals surface area contributed by atoms with Crippen LogP contribution in [0.15, 0.2) is 103 Å². The smallest absolute Gasteiger partial charge is 0.0269 e. The van der Waals surface area contributed by atoms with Crippen LogP contribution < -0.4 is 0 Å². The van der Waals surface area contributed by atoms with Gasteiger partial charge in [-0.3, -0.25) is 0 Å². The predicted molar refractivity (Wildman–Crippen MR) is 94.0 cm³/mol. The highest BCUT2D eigenvalue weighted by Crippen LogP contribution is 2.25. The number of benzene rings is 3. The number of rotatable bonds is 5. The lowest BCUT2D eigenvalue weighted by Gasteiger charge is -2.14. The molecule has 3 rings (SSSR count). The first kappa shape index (κ1) is 14.3. The summed E-state index contributed by atoms with van der Waals surface area (Å²) in [7, 11) is 0. The minimum atomic E-state index is 0.311. The van der Waals surface area contributed by atoms with Crippen LogP contribution in [0.1, 0.15) is 22.6 Å². The fourth-order valence-electron chi connectivity index (χ4n) is 2.69. The van der Waals surface area contributed by atoms with Crippen LogP contribution in [-0.4, -0.2) is 0 Å². The number of hydrogen-bond donors (Lipinski definition) is 0. The molecule has 0 radical (unpaired) electrons. The lowest BCUT2D eigenvalue weighted by atomic mass is 9.90. The maximum Gasteiger partial charge on any atom is 0.0269 e. The van der Waals surface area contributed by atoms with Crippen molar-refractivity contribution in [1.82, 2.24) is 0 Å². The van der Waals surface area contributed by atoms with Gasteiger partial charge in [-0.15, -0.1) is 0 Å². The summed E-state index contributed by atoms with van der Waals surface area (Å²) in [6.07, 6.45) is 5.56. The van der Waals surface area contributed by atoms with Gasteiger partial charge in [0.05, 0.1) is 0 Å². The van der Waals surface area contributed by atoms with Gasteiger partial charge in [0.15, 0.2) is 0 Å². The van der Waals surface area contributed by atoms with Crippen LogP contribution >= 0.6 is 0 Å². The molecule has 0 aliphatic heterocycles. The molecule has 0 N–H and O–H groups in total. The monoisotopic (exact) mass is 284 g/mol. The van der Waals surface area contributed by atoms with Gasteiger partial charge in [-0.1, -0.05) is 103 Å². The minimum Gasteiger partial charge on any atom is -0.0832 e. The van der Waals surface area contributed by atoms with Gasteiger partial charge in [0, 0.05) is 5.92 Å². The van der Waals surface area contributed by atoms with Crippen molar-refractivity contribution in [2.45, 2.75) is 12.3 Å². The van der Waals surface area contributed by atoms with E-state index in [9.17, 15) is 0 Å². The van der Waals surface area contributed by atoms with Crippen molar-refractivity contribution in [3.63, 3.8) is 0 Å². The largest absolute Gasteiger partial charge is 0.0832 e. The predicted octanol–water partition coefficient (Wildman–Crippen LogP) is 5.62. The van der Waals surface area contributed by atoms with Crippen molar-refractivity contribution in [3.8, 4) is 0 Å². The molecule has 0 unspecified atom stereocenters. The lowest BCUT2D eigenvalue weighted by molar-refractivity contribution is 1.01. The van der Waals surface area contributed by atoms with Crippen molar-refractivity contribution in [1.29, 1.82) is 0 Å². The number of hydrogen-bond acceptors (Lipinski definition) is 0. The average Bonchev–Trinajstić information content (AvgIpc) is 2.61. The quantitative estimate of drug-likeness (QED) is 0.534. The van der Waals surface area contributed by atoms with Crippen molar-refractivity contribution in [2.75, 3.05) is 0 Å². The summed E-state index contributed by atoms with van der Waals surface area (Å²) in [5.41, 5.74) is 4.01. The third-order valence-corrected chi connectivity index (χ3v) is 3.84. The highest BCUT2D eigenvalue weighted by Gasteiger charge is 2.09. The van der Waals surface area contributed by atoms with Gasteiger partial charge in [-0.25, -0.2) is 0 Å². The summed E-state index contributed by atoms with van der Waals surface area (Å²) in [6, 6.07) is 31.9. The Balaban J connectivity index is 1.83. The highest BCUT2D eigenvalue weighted by molar-refractivity contribution is 5.37. The zero-order chi connectivity index (χ0) is 15.0. The molecule has 0 aromatic heterocycles. The zero-order valence-corrected chi connectivity index (χ0v) is 12.6. The SMILES string of the molecule is C(=CC(c1ccccc1)c1ccccc1)Cc1ccccc1. The first-order valence-corrected chi connectivity index (χ1v) is 7.74. The molecular formula is C22H20. The summed E-state index contributed by atoms with van der Waals surface area (Å²) < 4.78 is 0. The first-order chi connectivity index (χ1) is 10.9. The van der Waals surface area contributed by atoms with E-state index < -0.39 is 0 Å². The third-order valence-electron chi connectivity index (χ3n) is 3.84. The molecule has 0 aliphatic carbocycles. The van der Waals surface area contributed by atoms with E-state index in [-0.39, 0.29) is 0 Å². The molecule has 0 spiro atoms. The Morgan fingerprint density at radius 1 is 0.591 bits per heavy atom. The summed E-state index contributed by atoms with van der Waals surface area (Å²) >= 11 is 0. The first-order valence-electron chi connectivity index (χ1n) is 7.74. The molecule has 0 nitrogen and oxygen atoms in total. The van der Waals surface area contributed by atoms with E-state index in [4.69, 9.17) is 0 Å². The Morgan fingerprint density at radius 3 is 1.55 bits per heavy atom. The minimum absolute atomic E-state index is 0.311. The van der Waals surface area contributed by atoms with Gasteiger partial charge in [0.2, 0.25) is 0 Å². The molecule has 0 heteroatoms. The lowest BCUT2D eigenvalue weighted by Crippen LogP contribution is -1.97. The van der Waals surface area contributed by atoms with Crippen molar-refractivity contribution < 1.29 is 0 Å². The molecule has 0 saturated heterocycles. The average molecular weight is 284 g/mol. The normalized spacial score (nSPS) is 11.1. The van der Waals surface area contributed by atoms with Gasteiger partial charge in [0.1, 0.15) is 0 Å². The van der Waals surface area contributed by atoms with Crippen LogP contribution in [0.5, 0.6) is 0 Å². The summed E-state index contributed by atoms with van der Waals surface area (Å²) in [5, 5.41) is 0. The van der Waals surface area contributed by atoms with Crippen molar-refractivity contribution in [3.05, 3.63) is 120 Å². The second-order valence-corrected chi connectivity index (χ2v) is 5.42. The van der Waals surface area contributed by atoms with Crippen LogP contribution in [0.25, 0.3) is 0 Å². The Hall–Kier alpha value is -2.60. The zero-order valence-electron chi connectivity index (χ0n) is 12.6.